The van der Waals surface area contributed by atoms with Gasteiger partial charge in [0.1, 0.15) is 5.78 Å². The predicted molar refractivity (Wildman–Crippen MR) is 116 cm³/mol. The molecule has 2 rings (SSSR count). The van der Waals surface area contributed by atoms with Crippen molar-refractivity contribution in [3.63, 3.8) is 0 Å². The molecule has 1 unspecified atom stereocenters. The van der Waals surface area contributed by atoms with Crippen molar-refractivity contribution in [1.82, 2.24) is 4.90 Å². The third kappa shape index (κ3) is 6.13. The number of Topliss-reactive ketones (excluding diaryl/α,β-unsaturated/α-hetero) is 1. The van der Waals surface area contributed by atoms with E-state index >= 15 is 0 Å². The molecular weight excluding hydrogens is 382 g/mol. The molecule has 30 heavy (non-hydrogen) atoms. The normalized spacial score (nSPS) is 21.7. The fourth-order valence-electron chi connectivity index (χ4n) is 4.36. The molecular formula is C24H37NO5. The Bertz CT molecular complexity index is 679. The fourth-order valence-corrected chi connectivity index (χ4v) is 4.36. The first kappa shape index (κ1) is 24.5. The zero-order valence-corrected chi connectivity index (χ0v) is 18.9. The van der Waals surface area contributed by atoms with Crippen LogP contribution in [0, 0.1) is 11.8 Å². The second kappa shape index (κ2) is 11.6. The molecule has 1 aliphatic heterocycles. The number of ether oxygens (including phenoxy) is 2. The summed E-state index contributed by atoms with van der Waals surface area (Å²) in [5, 5.41) is 10.6. The summed E-state index contributed by atoms with van der Waals surface area (Å²) in [4.78, 5) is 27.6. The Labute approximate surface area is 180 Å². The first-order valence-corrected chi connectivity index (χ1v) is 10.9. The highest BCUT2D eigenvalue weighted by molar-refractivity contribution is 5.82. The number of hydrogen-bond donors (Lipinski definition) is 1. The lowest BCUT2D eigenvalue weighted by molar-refractivity contribution is -0.141. The number of aliphatic hydroxyl groups is 1. The highest BCUT2D eigenvalue weighted by Crippen LogP contribution is 2.30. The molecule has 0 spiro atoms. The molecule has 0 aromatic heterocycles. The van der Waals surface area contributed by atoms with Crippen LogP contribution in [0.15, 0.2) is 30.3 Å². The highest BCUT2D eigenvalue weighted by atomic mass is 16.5. The molecule has 0 bridgehead atoms. The third-order valence-corrected chi connectivity index (χ3v) is 6.34. The summed E-state index contributed by atoms with van der Waals surface area (Å²) in [5.74, 6) is -0.474. The maximum absolute atomic E-state index is 13.0. The van der Waals surface area contributed by atoms with Crippen molar-refractivity contribution in [1.29, 1.82) is 0 Å². The number of hydrogen-bond acceptors (Lipinski definition) is 5. The largest absolute Gasteiger partial charge is 0.388 e. The van der Waals surface area contributed by atoms with Crippen LogP contribution in [0.5, 0.6) is 0 Å². The van der Waals surface area contributed by atoms with E-state index in [-0.39, 0.29) is 48.2 Å². The van der Waals surface area contributed by atoms with E-state index in [1.165, 1.54) is 0 Å². The number of aliphatic hydroxyl groups excluding tert-OH is 1. The Morgan fingerprint density at radius 2 is 1.77 bits per heavy atom. The predicted octanol–water partition coefficient (Wildman–Crippen LogP) is 3.38. The van der Waals surface area contributed by atoms with Gasteiger partial charge in [-0.05, 0) is 31.2 Å². The highest BCUT2D eigenvalue weighted by Gasteiger charge is 2.40. The SMILES string of the molecule is COC([C@@H](C)C(=O)C[C@H](C)[C@@H](O)c1ccccc1)[C@@H]1CCCN1C(=O)C[C@H](C)OC. The minimum Gasteiger partial charge on any atom is -0.388 e. The summed E-state index contributed by atoms with van der Waals surface area (Å²) >= 11 is 0. The Hall–Kier alpha value is -1.76. The molecule has 0 aliphatic carbocycles. The third-order valence-electron chi connectivity index (χ3n) is 6.34. The van der Waals surface area contributed by atoms with Crippen LogP contribution < -0.4 is 0 Å². The maximum atomic E-state index is 13.0. The zero-order chi connectivity index (χ0) is 22.3. The van der Waals surface area contributed by atoms with Crippen LogP contribution in [0.4, 0.5) is 0 Å². The van der Waals surface area contributed by atoms with E-state index in [1.54, 1.807) is 14.2 Å². The molecule has 6 heteroatoms. The van der Waals surface area contributed by atoms with Crippen LogP contribution in [0.1, 0.15) is 58.1 Å². The van der Waals surface area contributed by atoms with E-state index in [0.717, 1.165) is 18.4 Å². The van der Waals surface area contributed by atoms with Crippen molar-refractivity contribution < 1.29 is 24.2 Å². The Morgan fingerprint density at radius 1 is 1.10 bits per heavy atom. The van der Waals surface area contributed by atoms with Gasteiger partial charge in [0, 0.05) is 33.1 Å². The molecule has 0 radical (unpaired) electrons. The van der Waals surface area contributed by atoms with Gasteiger partial charge in [0.25, 0.3) is 0 Å². The van der Waals surface area contributed by atoms with Crippen molar-refractivity contribution in [3.8, 4) is 0 Å². The second-order valence-electron chi connectivity index (χ2n) is 8.54. The smallest absolute Gasteiger partial charge is 0.225 e. The number of amides is 1. The number of rotatable bonds is 11. The monoisotopic (exact) mass is 419 g/mol. The molecule has 6 atom stereocenters. The number of ketones is 1. The average Bonchev–Trinajstić information content (AvgIpc) is 3.23. The first-order chi connectivity index (χ1) is 14.3. The molecule has 1 aromatic carbocycles. The quantitative estimate of drug-likeness (QED) is 0.595. The van der Waals surface area contributed by atoms with Gasteiger partial charge >= 0.3 is 0 Å². The number of likely N-dealkylation sites (tertiary alicyclic amines) is 1. The lowest BCUT2D eigenvalue weighted by Crippen LogP contribution is -2.48. The van der Waals surface area contributed by atoms with Crippen molar-refractivity contribution >= 4 is 11.7 Å². The minimum absolute atomic E-state index is 0.0430. The van der Waals surface area contributed by atoms with Crippen LogP contribution in [0.2, 0.25) is 0 Å². The number of benzene rings is 1. The molecule has 1 heterocycles. The number of nitrogens with zero attached hydrogens (tertiary/aromatic N) is 1. The van der Waals surface area contributed by atoms with Crippen LogP contribution in [-0.2, 0) is 19.1 Å². The molecule has 6 nitrogen and oxygen atoms in total. The average molecular weight is 420 g/mol. The van der Waals surface area contributed by atoms with Crippen molar-refractivity contribution in [3.05, 3.63) is 35.9 Å². The summed E-state index contributed by atoms with van der Waals surface area (Å²) < 4.78 is 11.0. The number of carbonyl (C=O) groups excluding carboxylic acids is 2. The molecule has 1 amide bonds. The summed E-state index contributed by atoms with van der Waals surface area (Å²) in [5.41, 5.74) is 0.813. The van der Waals surface area contributed by atoms with E-state index in [4.69, 9.17) is 9.47 Å². The summed E-state index contributed by atoms with van der Waals surface area (Å²) in [6.45, 7) is 6.32. The number of methoxy groups -OCH3 is 2. The van der Waals surface area contributed by atoms with Crippen molar-refractivity contribution in [2.45, 2.75) is 70.8 Å². The van der Waals surface area contributed by atoms with Crippen LogP contribution in [0.3, 0.4) is 0 Å². The fraction of sp³-hybridized carbons (Fsp3) is 0.667. The molecule has 1 fully saturated rings. The van der Waals surface area contributed by atoms with Gasteiger partial charge in [-0.25, -0.2) is 0 Å². The van der Waals surface area contributed by atoms with Crippen molar-refractivity contribution in [2.24, 2.45) is 11.8 Å². The van der Waals surface area contributed by atoms with Gasteiger partial charge in [0.15, 0.2) is 0 Å². The summed E-state index contributed by atoms with van der Waals surface area (Å²) in [6.07, 6.45) is 1.13. The van der Waals surface area contributed by atoms with Gasteiger partial charge in [-0.1, -0.05) is 44.2 Å². The lowest BCUT2D eigenvalue weighted by atomic mass is 9.85. The van der Waals surface area contributed by atoms with Gasteiger partial charge in [0.2, 0.25) is 5.91 Å². The molecule has 1 saturated heterocycles. The summed E-state index contributed by atoms with van der Waals surface area (Å²) in [7, 11) is 3.21. The zero-order valence-electron chi connectivity index (χ0n) is 18.9. The van der Waals surface area contributed by atoms with Gasteiger partial charge in [0.05, 0.1) is 30.8 Å². The summed E-state index contributed by atoms with van der Waals surface area (Å²) in [6, 6.07) is 9.30. The maximum Gasteiger partial charge on any atom is 0.225 e. The van der Waals surface area contributed by atoms with Crippen LogP contribution in [0.25, 0.3) is 0 Å². The van der Waals surface area contributed by atoms with E-state index in [0.29, 0.717) is 13.0 Å². The molecule has 1 N–H and O–H groups in total. The second-order valence-corrected chi connectivity index (χ2v) is 8.54. The molecule has 168 valence electrons. The number of carbonyl (C=O) groups is 2. The van der Waals surface area contributed by atoms with Gasteiger partial charge in [-0.3, -0.25) is 9.59 Å². The Kier molecular flexibility index (Phi) is 9.46. The minimum atomic E-state index is -0.691. The topological polar surface area (TPSA) is 76.1 Å². The first-order valence-electron chi connectivity index (χ1n) is 10.9. The van der Waals surface area contributed by atoms with Crippen LogP contribution in [-0.4, -0.2) is 60.7 Å². The van der Waals surface area contributed by atoms with Gasteiger partial charge in [-0.2, -0.15) is 0 Å². The van der Waals surface area contributed by atoms with E-state index in [2.05, 4.69) is 0 Å². The van der Waals surface area contributed by atoms with E-state index < -0.39 is 6.10 Å². The molecule has 1 aliphatic rings. The van der Waals surface area contributed by atoms with Crippen LogP contribution >= 0.6 is 0 Å². The van der Waals surface area contributed by atoms with E-state index in [9.17, 15) is 14.7 Å². The van der Waals surface area contributed by atoms with Gasteiger partial charge in [-0.15, -0.1) is 0 Å². The standard InChI is InChI=1S/C24H37NO5/c1-16(23(28)19-10-7-6-8-11-19)14-21(26)18(3)24(30-5)20-12-9-13-25(20)22(27)15-17(2)29-4/h6-8,10-11,16-18,20,23-24,28H,9,12-15H2,1-5H3/t16-,17-,18-,20-,23+,24?/m0/s1. The molecule has 0 saturated carbocycles. The Morgan fingerprint density at radius 3 is 2.37 bits per heavy atom. The lowest BCUT2D eigenvalue weighted by Gasteiger charge is -2.34. The van der Waals surface area contributed by atoms with Gasteiger partial charge < -0.3 is 19.5 Å². The molecule has 1 aromatic rings. The Balaban J connectivity index is 2.02. The van der Waals surface area contributed by atoms with E-state index in [1.807, 2.05) is 56.0 Å². The van der Waals surface area contributed by atoms with Crippen molar-refractivity contribution in [2.75, 3.05) is 20.8 Å².